The number of rotatable bonds is 8. The topological polar surface area (TPSA) is 29.9 Å². The van der Waals surface area contributed by atoms with Crippen LogP contribution in [0.25, 0.3) is 0 Å². The van der Waals surface area contributed by atoms with E-state index in [1.807, 2.05) is 0 Å². The molecule has 0 amide bonds. The summed E-state index contributed by atoms with van der Waals surface area (Å²) in [6.07, 6.45) is 3.50. The normalized spacial score (nSPS) is 14.6. The predicted molar refractivity (Wildman–Crippen MR) is 85.6 cm³/mol. The monoisotopic (exact) mass is 329 g/mol. The van der Waals surface area contributed by atoms with Crippen LogP contribution >= 0.6 is 15.9 Å². The summed E-state index contributed by atoms with van der Waals surface area (Å²) in [4.78, 5) is 0. The number of nitrogens with zero attached hydrogens (tertiary/aromatic N) is 2. The number of halogens is 1. The Morgan fingerprint density at radius 1 is 1.32 bits per heavy atom. The van der Waals surface area contributed by atoms with E-state index < -0.39 is 0 Å². The minimum atomic E-state index is 0.591. The van der Waals surface area contributed by atoms with Crippen molar-refractivity contribution in [2.45, 2.75) is 66.5 Å². The Hall–Kier alpha value is -0.350. The van der Waals surface area contributed by atoms with Gasteiger partial charge in [-0.05, 0) is 68.4 Å². The maximum absolute atomic E-state index is 4.56. The highest BCUT2D eigenvalue weighted by Gasteiger charge is 2.16. The number of aromatic nitrogens is 2. The predicted octanol–water partition coefficient (Wildman–Crippen LogP) is 3.93. The highest BCUT2D eigenvalue weighted by Crippen LogP contribution is 2.25. The van der Waals surface area contributed by atoms with E-state index >= 15 is 0 Å². The van der Waals surface area contributed by atoms with Crippen molar-refractivity contribution in [3.63, 3.8) is 0 Å². The smallest absolute Gasteiger partial charge is 0.0738 e. The number of hydrogen-bond acceptors (Lipinski definition) is 2. The molecular weight excluding hydrogens is 302 g/mol. The lowest BCUT2D eigenvalue weighted by molar-refractivity contribution is 0.410. The van der Waals surface area contributed by atoms with Gasteiger partial charge in [0.1, 0.15) is 0 Å². The van der Waals surface area contributed by atoms with Crippen molar-refractivity contribution >= 4 is 15.9 Å². The molecule has 19 heavy (non-hydrogen) atoms. The Morgan fingerprint density at radius 3 is 2.58 bits per heavy atom. The third kappa shape index (κ3) is 4.92. The van der Waals surface area contributed by atoms with E-state index in [0.29, 0.717) is 12.0 Å². The molecule has 1 aromatic heterocycles. The number of nitrogens with one attached hydrogen (secondary N) is 1. The van der Waals surface area contributed by atoms with Crippen LogP contribution in [-0.4, -0.2) is 22.4 Å². The second-order valence-electron chi connectivity index (χ2n) is 5.56. The summed E-state index contributed by atoms with van der Waals surface area (Å²) >= 11 is 3.68. The van der Waals surface area contributed by atoms with Crippen LogP contribution in [-0.2, 0) is 13.0 Å². The lowest BCUT2D eigenvalue weighted by atomic mass is 9.97. The molecule has 0 radical (unpaired) electrons. The zero-order chi connectivity index (χ0) is 14.4. The van der Waals surface area contributed by atoms with E-state index in [0.717, 1.165) is 25.2 Å². The molecule has 0 fully saturated rings. The zero-order valence-electron chi connectivity index (χ0n) is 13.0. The maximum atomic E-state index is 4.56. The molecule has 110 valence electrons. The second kappa shape index (κ2) is 8.05. The molecule has 4 heteroatoms. The van der Waals surface area contributed by atoms with Crippen LogP contribution in [0.4, 0.5) is 0 Å². The van der Waals surface area contributed by atoms with Gasteiger partial charge in [-0.25, -0.2) is 0 Å². The van der Waals surface area contributed by atoms with E-state index in [1.165, 1.54) is 23.0 Å². The fourth-order valence-electron chi connectivity index (χ4n) is 2.56. The summed E-state index contributed by atoms with van der Waals surface area (Å²) in [7, 11) is 0. The van der Waals surface area contributed by atoms with Gasteiger partial charge in [0.2, 0.25) is 0 Å². The molecule has 0 saturated heterocycles. The van der Waals surface area contributed by atoms with Crippen molar-refractivity contribution in [1.29, 1.82) is 0 Å². The molecule has 0 aliphatic heterocycles. The first-order valence-corrected chi connectivity index (χ1v) is 8.23. The van der Waals surface area contributed by atoms with Gasteiger partial charge >= 0.3 is 0 Å². The van der Waals surface area contributed by atoms with Crippen LogP contribution in [0.15, 0.2) is 4.47 Å². The van der Waals surface area contributed by atoms with Crippen molar-refractivity contribution in [1.82, 2.24) is 15.1 Å². The summed E-state index contributed by atoms with van der Waals surface area (Å²) in [5.74, 6) is 0.664. The average molecular weight is 330 g/mol. The molecule has 1 aromatic rings. The van der Waals surface area contributed by atoms with E-state index in [4.69, 9.17) is 0 Å². The standard InChI is InChI=1S/C15H28BrN3/c1-6-8-17-12(4)9-11(3)10-14-15(16)13(5)18-19(14)7-2/h11-12,17H,6-10H2,1-5H3. The first kappa shape index (κ1) is 16.7. The van der Waals surface area contributed by atoms with Gasteiger partial charge in [0.15, 0.2) is 0 Å². The molecule has 0 bridgehead atoms. The Kier molecular flexibility index (Phi) is 7.08. The average Bonchev–Trinajstić information content (AvgIpc) is 2.64. The van der Waals surface area contributed by atoms with Crippen molar-refractivity contribution in [3.8, 4) is 0 Å². The van der Waals surface area contributed by atoms with Gasteiger partial charge in [0.25, 0.3) is 0 Å². The second-order valence-corrected chi connectivity index (χ2v) is 6.36. The van der Waals surface area contributed by atoms with Crippen molar-refractivity contribution in [2.75, 3.05) is 6.54 Å². The lowest BCUT2D eigenvalue weighted by Gasteiger charge is -2.19. The van der Waals surface area contributed by atoms with Crippen molar-refractivity contribution in [2.24, 2.45) is 5.92 Å². The molecule has 2 atom stereocenters. The SMILES string of the molecule is CCCNC(C)CC(C)Cc1c(Br)c(C)nn1CC. The molecule has 1 heterocycles. The maximum Gasteiger partial charge on any atom is 0.0738 e. The Morgan fingerprint density at radius 2 is 2.00 bits per heavy atom. The highest BCUT2D eigenvalue weighted by molar-refractivity contribution is 9.10. The molecular formula is C15H28BrN3. The van der Waals surface area contributed by atoms with E-state index in [1.54, 1.807) is 0 Å². The summed E-state index contributed by atoms with van der Waals surface area (Å²) in [6, 6.07) is 0.591. The van der Waals surface area contributed by atoms with Crippen LogP contribution in [0.2, 0.25) is 0 Å². The van der Waals surface area contributed by atoms with Crippen LogP contribution in [0.3, 0.4) is 0 Å². The van der Waals surface area contributed by atoms with Crippen LogP contribution in [0.1, 0.15) is 51.9 Å². The molecule has 2 unspecified atom stereocenters. The van der Waals surface area contributed by atoms with E-state index in [-0.39, 0.29) is 0 Å². The molecule has 0 spiro atoms. The largest absolute Gasteiger partial charge is 0.314 e. The van der Waals surface area contributed by atoms with Crippen LogP contribution < -0.4 is 5.32 Å². The third-order valence-electron chi connectivity index (χ3n) is 3.49. The Labute approximate surface area is 126 Å². The minimum absolute atomic E-state index is 0.591. The first-order chi connectivity index (χ1) is 8.99. The molecule has 1 rings (SSSR count). The first-order valence-electron chi connectivity index (χ1n) is 7.44. The molecule has 0 aromatic carbocycles. The van der Waals surface area contributed by atoms with Gasteiger partial charge in [-0.1, -0.05) is 13.8 Å². The van der Waals surface area contributed by atoms with Crippen LogP contribution in [0, 0.1) is 12.8 Å². The van der Waals surface area contributed by atoms with Crippen LogP contribution in [0.5, 0.6) is 0 Å². The van der Waals surface area contributed by atoms with Crippen molar-refractivity contribution in [3.05, 3.63) is 15.9 Å². The van der Waals surface area contributed by atoms with E-state index in [2.05, 4.69) is 65.6 Å². The summed E-state index contributed by atoms with van der Waals surface area (Å²) < 4.78 is 3.32. The van der Waals surface area contributed by atoms with Crippen molar-refractivity contribution < 1.29 is 0 Å². The highest BCUT2D eigenvalue weighted by atomic mass is 79.9. The molecule has 0 saturated carbocycles. The lowest BCUT2D eigenvalue weighted by Crippen LogP contribution is -2.29. The minimum Gasteiger partial charge on any atom is -0.314 e. The Balaban J connectivity index is 2.59. The fourth-order valence-corrected chi connectivity index (χ4v) is 3.00. The van der Waals surface area contributed by atoms with Gasteiger partial charge in [-0.15, -0.1) is 0 Å². The van der Waals surface area contributed by atoms with Gasteiger partial charge in [0.05, 0.1) is 15.9 Å². The third-order valence-corrected chi connectivity index (χ3v) is 4.52. The fraction of sp³-hybridized carbons (Fsp3) is 0.800. The van der Waals surface area contributed by atoms with Gasteiger partial charge < -0.3 is 5.32 Å². The van der Waals surface area contributed by atoms with Gasteiger partial charge in [-0.2, -0.15) is 5.10 Å². The summed E-state index contributed by atoms with van der Waals surface area (Å²) in [6.45, 7) is 13.1. The number of aryl methyl sites for hydroxylation is 2. The summed E-state index contributed by atoms with van der Waals surface area (Å²) in [5, 5.41) is 8.13. The van der Waals surface area contributed by atoms with E-state index in [9.17, 15) is 0 Å². The molecule has 1 N–H and O–H groups in total. The summed E-state index contributed by atoms with van der Waals surface area (Å²) in [5.41, 5.74) is 2.44. The van der Waals surface area contributed by atoms with Gasteiger partial charge in [-0.3, -0.25) is 4.68 Å². The molecule has 0 aliphatic carbocycles. The van der Waals surface area contributed by atoms with Gasteiger partial charge in [0, 0.05) is 12.6 Å². The molecule has 3 nitrogen and oxygen atoms in total. The molecule has 0 aliphatic rings. The quantitative estimate of drug-likeness (QED) is 0.783. The number of hydrogen-bond donors (Lipinski definition) is 1. The zero-order valence-corrected chi connectivity index (χ0v) is 14.5. The Bertz CT molecular complexity index is 387.